The Bertz CT molecular complexity index is 506. The molecule has 0 bridgehead atoms. The number of rotatable bonds is 3. The van der Waals surface area contributed by atoms with Gasteiger partial charge in [-0.3, -0.25) is 4.99 Å². The molecule has 0 atom stereocenters. The molecule has 1 aliphatic carbocycles. The summed E-state index contributed by atoms with van der Waals surface area (Å²) in [5.41, 5.74) is 0.570. The molecule has 22 heavy (non-hydrogen) atoms. The zero-order valence-corrected chi connectivity index (χ0v) is 15.9. The smallest absolute Gasteiger partial charge is 0.194 e. The van der Waals surface area contributed by atoms with E-state index in [1.165, 1.54) is 32.1 Å². The van der Waals surface area contributed by atoms with Gasteiger partial charge in [-0.25, -0.2) is 0 Å². The monoisotopic (exact) mass is 418 g/mol. The minimum atomic E-state index is 0. The number of aromatic nitrogens is 3. The lowest BCUT2D eigenvalue weighted by Gasteiger charge is -2.25. The minimum Gasteiger partial charge on any atom is -0.349 e. The van der Waals surface area contributed by atoms with E-state index in [2.05, 4.69) is 36.9 Å². The van der Waals surface area contributed by atoms with Gasteiger partial charge in [-0.1, -0.05) is 12.8 Å². The topological polar surface area (TPSA) is 58.3 Å². The van der Waals surface area contributed by atoms with Crippen LogP contribution < -0.4 is 5.32 Å². The fraction of sp³-hybridized carbons (Fsp3) is 0.800. The predicted octanol–water partition coefficient (Wildman–Crippen LogP) is 2.26. The van der Waals surface area contributed by atoms with E-state index in [9.17, 15) is 0 Å². The molecule has 2 heterocycles. The molecule has 0 amide bonds. The molecular formula is C15H27IN6. The fourth-order valence-corrected chi connectivity index (χ4v) is 3.82. The minimum absolute atomic E-state index is 0. The first-order valence-electron chi connectivity index (χ1n) is 8.09. The second-order valence-electron chi connectivity index (χ2n) is 6.31. The summed E-state index contributed by atoms with van der Waals surface area (Å²) >= 11 is 0. The largest absolute Gasteiger partial charge is 0.349 e. The highest BCUT2D eigenvalue weighted by molar-refractivity contribution is 14.0. The lowest BCUT2D eigenvalue weighted by Crippen LogP contribution is -2.41. The van der Waals surface area contributed by atoms with Crippen molar-refractivity contribution in [3.63, 3.8) is 0 Å². The van der Waals surface area contributed by atoms with Crippen LogP contribution >= 0.6 is 24.0 Å². The van der Waals surface area contributed by atoms with Gasteiger partial charge < -0.3 is 14.8 Å². The van der Waals surface area contributed by atoms with Crippen LogP contribution in [0.5, 0.6) is 0 Å². The summed E-state index contributed by atoms with van der Waals surface area (Å²) in [6.07, 6.45) is 8.69. The molecular weight excluding hydrogens is 391 g/mol. The summed E-state index contributed by atoms with van der Waals surface area (Å²) in [7, 11) is 1.87. The highest BCUT2D eigenvalue weighted by Crippen LogP contribution is 2.45. The van der Waals surface area contributed by atoms with Crippen LogP contribution in [0.15, 0.2) is 11.3 Å². The van der Waals surface area contributed by atoms with Gasteiger partial charge in [0, 0.05) is 26.7 Å². The number of halogens is 1. The maximum atomic E-state index is 4.45. The van der Waals surface area contributed by atoms with Crippen molar-refractivity contribution in [1.29, 1.82) is 0 Å². The molecule has 7 heteroatoms. The van der Waals surface area contributed by atoms with Crippen molar-refractivity contribution >= 4 is 29.9 Å². The van der Waals surface area contributed by atoms with Crippen molar-refractivity contribution in [3.8, 4) is 0 Å². The van der Waals surface area contributed by atoms with Crippen molar-refractivity contribution in [3.05, 3.63) is 12.2 Å². The van der Waals surface area contributed by atoms with Gasteiger partial charge >= 0.3 is 0 Å². The van der Waals surface area contributed by atoms with Crippen LogP contribution in [0.2, 0.25) is 0 Å². The molecule has 1 N–H and O–H groups in total. The quantitative estimate of drug-likeness (QED) is 0.465. The summed E-state index contributed by atoms with van der Waals surface area (Å²) in [5, 5.41) is 11.6. The summed E-state index contributed by atoms with van der Waals surface area (Å²) in [6.45, 7) is 5.97. The van der Waals surface area contributed by atoms with E-state index >= 15 is 0 Å². The second-order valence-corrected chi connectivity index (χ2v) is 6.31. The van der Waals surface area contributed by atoms with Gasteiger partial charge in [0.1, 0.15) is 6.33 Å². The zero-order valence-electron chi connectivity index (χ0n) is 13.6. The first-order chi connectivity index (χ1) is 10.3. The Hall–Kier alpha value is -0.860. The standard InChI is InChI=1S/C15H26N6.HI/c1-3-20-12-18-19-13(20)10-17-14(16-2)21-9-8-15(11-21)6-4-5-7-15;/h12H,3-11H2,1-2H3,(H,16,17);1H. The van der Waals surface area contributed by atoms with Gasteiger partial charge in [0.15, 0.2) is 11.8 Å². The molecule has 1 saturated heterocycles. The second kappa shape index (κ2) is 7.61. The zero-order chi connectivity index (χ0) is 14.7. The van der Waals surface area contributed by atoms with Gasteiger partial charge in [-0.05, 0) is 31.6 Å². The first kappa shape index (κ1) is 17.5. The summed E-state index contributed by atoms with van der Waals surface area (Å²) < 4.78 is 2.06. The van der Waals surface area contributed by atoms with Gasteiger partial charge in [-0.15, -0.1) is 34.2 Å². The molecule has 0 radical (unpaired) electrons. The first-order valence-corrected chi connectivity index (χ1v) is 8.09. The van der Waals surface area contributed by atoms with E-state index in [0.717, 1.165) is 31.4 Å². The molecule has 124 valence electrons. The molecule has 6 nitrogen and oxygen atoms in total. The molecule has 1 aliphatic heterocycles. The third kappa shape index (κ3) is 3.55. The molecule has 0 unspecified atom stereocenters. The van der Waals surface area contributed by atoms with E-state index in [-0.39, 0.29) is 24.0 Å². The van der Waals surface area contributed by atoms with E-state index in [0.29, 0.717) is 12.0 Å². The third-order valence-corrected chi connectivity index (χ3v) is 5.05. The summed E-state index contributed by atoms with van der Waals surface area (Å²) in [6, 6.07) is 0. The number of hydrogen-bond donors (Lipinski definition) is 1. The number of nitrogens with zero attached hydrogens (tertiary/aromatic N) is 5. The molecule has 1 aromatic heterocycles. The number of likely N-dealkylation sites (tertiary alicyclic amines) is 1. The molecule has 1 saturated carbocycles. The van der Waals surface area contributed by atoms with Crippen LogP contribution in [-0.2, 0) is 13.1 Å². The van der Waals surface area contributed by atoms with Crippen molar-refractivity contribution < 1.29 is 0 Å². The molecule has 1 spiro atoms. The van der Waals surface area contributed by atoms with Crippen LogP contribution in [0, 0.1) is 5.41 Å². The number of nitrogens with one attached hydrogen (secondary N) is 1. The predicted molar refractivity (Wildman–Crippen MR) is 98.4 cm³/mol. The number of guanidine groups is 1. The number of hydrogen-bond acceptors (Lipinski definition) is 3. The molecule has 2 aliphatic rings. The Morgan fingerprint density at radius 2 is 2.14 bits per heavy atom. The van der Waals surface area contributed by atoms with Gasteiger partial charge in [0.2, 0.25) is 0 Å². The maximum absolute atomic E-state index is 4.45. The summed E-state index contributed by atoms with van der Waals surface area (Å²) in [5.74, 6) is 1.97. The summed E-state index contributed by atoms with van der Waals surface area (Å²) in [4.78, 5) is 6.87. The van der Waals surface area contributed by atoms with E-state index in [1.807, 2.05) is 7.05 Å². The Balaban J connectivity index is 0.00000176. The van der Waals surface area contributed by atoms with Gasteiger partial charge in [0.25, 0.3) is 0 Å². The lowest BCUT2D eigenvalue weighted by atomic mass is 9.86. The van der Waals surface area contributed by atoms with E-state index < -0.39 is 0 Å². The maximum Gasteiger partial charge on any atom is 0.194 e. The lowest BCUT2D eigenvalue weighted by molar-refractivity contribution is 0.309. The van der Waals surface area contributed by atoms with Crippen LogP contribution in [-0.4, -0.2) is 45.8 Å². The molecule has 1 aromatic rings. The normalized spacial score (nSPS) is 20.5. The molecule has 2 fully saturated rings. The Labute approximate surface area is 149 Å². The van der Waals surface area contributed by atoms with Crippen LogP contribution in [0.1, 0.15) is 44.9 Å². The van der Waals surface area contributed by atoms with Crippen molar-refractivity contribution in [2.75, 3.05) is 20.1 Å². The average Bonchev–Trinajstić information content (AvgIpc) is 3.23. The van der Waals surface area contributed by atoms with Crippen LogP contribution in [0.25, 0.3) is 0 Å². The SMILES string of the molecule is CCn1cnnc1CNC(=NC)N1CCC2(CCCC2)C1.I. The Morgan fingerprint density at radius 1 is 1.36 bits per heavy atom. The molecule has 0 aromatic carbocycles. The van der Waals surface area contributed by atoms with Crippen molar-refractivity contribution in [2.45, 2.75) is 52.1 Å². The average molecular weight is 418 g/mol. The van der Waals surface area contributed by atoms with Crippen LogP contribution in [0.3, 0.4) is 0 Å². The van der Waals surface area contributed by atoms with Crippen LogP contribution in [0.4, 0.5) is 0 Å². The Kier molecular flexibility index (Phi) is 6.05. The molecule has 3 rings (SSSR count). The van der Waals surface area contributed by atoms with Gasteiger partial charge in [0.05, 0.1) is 6.54 Å². The van der Waals surface area contributed by atoms with Gasteiger partial charge in [-0.2, -0.15) is 0 Å². The number of aryl methyl sites for hydroxylation is 1. The Morgan fingerprint density at radius 3 is 2.82 bits per heavy atom. The fourth-order valence-electron chi connectivity index (χ4n) is 3.82. The van der Waals surface area contributed by atoms with E-state index in [1.54, 1.807) is 6.33 Å². The van der Waals surface area contributed by atoms with E-state index in [4.69, 9.17) is 0 Å². The van der Waals surface area contributed by atoms with Crippen molar-refractivity contribution in [1.82, 2.24) is 25.0 Å². The van der Waals surface area contributed by atoms with Crippen molar-refractivity contribution in [2.24, 2.45) is 10.4 Å². The highest BCUT2D eigenvalue weighted by atomic mass is 127. The number of aliphatic imine (C=N–C) groups is 1. The third-order valence-electron chi connectivity index (χ3n) is 5.05. The highest BCUT2D eigenvalue weighted by Gasteiger charge is 2.41.